The van der Waals surface area contributed by atoms with Crippen LogP contribution in [0.2, 0.25) is 0 Å². The van der Waals surface area contributed by atoms with Crippen molar-refractivity contribution in [3.8, 4) is 34.4 Å². The van der Waals surface area contributed by atoms with Gasteiger partial charge in [0.25, 0.3) is 5.91 Å². The van der Waals surface area contributed by atoms with E-state index < -0.39 is 74.1 Å². The molecule has 0 radical (unpaired) electrons. The summed E-state index contributed by atoms with van der Waals surface area (Å²) in [5.41, 5.74) is -0.303. The maximum Gasteiger partial charge on any atom is 0.405 e. The third-order valence-electron chi connectivity index (χ3n) is 12.6. The van der Waals surface area contributed by atoms with E-state index in [-0.39, 0.29) is 31.2 Å². The van der Waals surface area contributed by atoms with Crippen LogP contribution >= 0.6 is 0 Å². The van der Waals surface area contributed by atoms with Gasteiger partial charge >= 0.3 is 6.09 Å². The monoisotopic (exact) mass is 845 g/mol. The first-order valence-corrected chi connectivity index (χ1v) is 22.0. The number of carbonyl (C=O) groups excluding carboxylic acids is 3. The number of amides is 4. The van der Waals surface area contributed by atoms with Crippen LogP contribution in [0.25, 0.3) is 22.0 Å². The Bertz CT molecular complexity index is 2370. The number of nitrogens with one attached hydrogen (secondary N) is 3. The number of nitrogens with zero attached hydrogens (tertiary/aromatic N) is 2. The third-order valence-corrected chi connectivity index (χ3v) is 14.8. The third kappa shape index (κ3) is 8.02. The zero-order valence-electron chi connectivity index (χ0n) is 34.1. The minimum atomic E-state index is -4.03. The Kier molecular flexibility index (Phi) is 10.8. The van der Waals surface area contributed by atoms with Crippen LogP contribution in [0.1, 0.15) is 65.7 Å². The molecule has 2 aromatic carbocycles. The summed E-state index contributed by atoms with van der Waals surface area (Å²) in [7, 11) is -2.47. The Morgan fingerprint density at radius 1 is 1.03 bits per heavy atom. The van der Waals surface area contributed by atoms with Crippen LogP contribution in [0.5, 0.6) is 23.1 Å². The maximum absolute atomic E-state index is 14.7. The molecule has 3 fully saturated rings. The quantitative estimate of drug-likeness (QED) is 0.230. The molecule has 320 valence electrons. The van der Waals surface area contributed by atoms with E-state index in [1.54, 1.807) is 20.1 Å². The molecule has 5 aliphatic rings. The molecular formula is C43H51N5O11S. The molecule has 17 heteroatoms. The average molecular weight is 846 g/mol. The molecule has 1 aromatic heterocycles. The van der Waals surface area contributed by atoms with Crippen LogP contribution in [0, 0.1) is 17.8 Å². The molecule has 0 bridgehead atoms. The molecule has 4 N–H and O–H groups in total. The number of carbonyl (C=O) groups is 4. The largest absolute Gasteiger partial charge is 0.497 e. The summed E-state index contributed by atoms with van der Waals surface area (Å²) in [6, 6.07) is 10.4. The minimum Gasteiger partial charge on any atom is -0.497 e. The van der Waals surface area contributed by atoms with Crippen molar-refractivity contribution in [2.45, 2.75) is 94.2 Å². The first-order valence-electron chi connectivity index (χ1n) is 20.5. The van der Waals surface area contributed by atoms with Crippen molar-refractivity contribution in [1.82, 2.24) is 25.2 Å². The Morgan fingerprint density at radius 3 is 2.53 bits per heavy atom. The zero-order valence-corrected chi connectivity index (χ0v) is 34.9. The summed E-state index contributed by atoms with van der Waals surface area (Å²) < 4.78 is 51.4. The lowest BCUT2D eigenvalue weighted by Crippen LogP contribution is -2.59. The minimum absolute atomic E-state index is 0.0374. The van der Waals surface area contributed by atoms with Crippen LogP contribution in [-0.2, 0) is 24.4 Å². The van der Waals surface area contributed by atoms with Gasteiger partial charge in [0.05, 0.1) is 24.1 Å². The molecule has 3 aliphatic heterocycles. The molecule has 2 aliphatic carbocycles. The number of methoxy groups -OCH3 is 1. The SMILES string of the molecule is COc1ccc2c(O[C@@H]3C[C@H]4C(=O)N[C@]5(C(=O)NS(=O)(=O)C6(C)CC6)C[C@H]5/C=C\CC[C@H](C)C[C@@H](C)[C@H](NC(=O)O)C(=O)N4C3)nc(-c3ccc4c(c3)OCCO4)cc2c1. The van der Waals surface area contributed by atoms with Crippen molar-refractivity contribution in [3.05, 3.63) is 54.6 Å². The van der Waals surface area contributed by atoms with E-state index in [9.17, 15) is 32.7 Å². The van der Waals surface area contributed by atoms with E-state index in [0.717, 1.165) is 17.4 Å². The van der Waals surface area contributed by atoms with E-state index in [2.05, 4.69) is 15.4 Å². The number of hydrogen-bond acceptors (Lipinski definition) is 11. The number of sulfonamides is 1. The first-order chi connectivity index (χ1) is 28.6. The molecule has 8 rings (SSSR count). The number of allylic oxidation sites excluding steroid dienone is 1. The number of benzene rings is 2. The van der Waals surface area contributed by atoms with Gasteiger partial charge in [-0.3, -0.25) is 19.1 Å². The molecule has 0 spiro atoms. The van der Waals surface area contributed by atoms with Gasteiger partial charge in [-0.2, -0.15) is 0 Å². The summed E-state index contributed by atoms with van der Waals surface area (Å²) in [4.78, 5) is 61.6. The van der Waals surface area contributed by atoms with Crippen LogP contribution in [0.4, 0.5) is 4.79 Å². The Labute approximate surface area is 348 Å². The topological polar surface area (TPSA) is 212 Å². The number of hydrogen-bond donors (Lipinski definition) is 4. The van der Waals surface area contributed by atoms with Crippen LogP contribution in [0.15, 0.2) is 54.6 Å². The van der Waals surface area contributed by atoms with E-state index in [1.807, 2.05) is 62.4 Å². The van der Waals surface area contributed by atoms with Gasteiger partial charge in [0.2, 0.25) is 27.7 Å². The molecule has 7 atom stereocenters. The van der Waals surface area contributed by atoms with Crippen LogP contribution in [0.3, 0.4) is 0 Å². The number of fused-ring (bicyclic) bond motifs is 4. The van der Waals surface area contributed by atoms with Crippen molar-refractivity contribution in [3.63, 3.8) is 0 Å². The zero-order chi connectivity index (χ0) is 42.6. The molecule has 1 saturated heterocycles. The van der Waals surface area contributed by atoms with Crippen molar-refractivity contribution in [1.29, 1.82) is 0 Å². The van der Waals surface area contributed by atoms with Crippen LogP contribution in [-0.4, -0.2) is 103 Å². The normalized spacial score (nSPS) is 29.1. The summed E-state index contributed by atoms with van der Waals surface area (Å²) in [6.45, 7) is 6.15. The van der Waals surface area contributed by atoms with Gasteiger partial charge in [-0.25, -0.2) is 18.2 Å². The predicted octanol–water partition coefficient (Wildman–Crippen LogP) is 4.55. The fraction of sp³-hybridized carbons (Fsp3) is 0.512. The number of ether oxygens (including phenoxy) is 4. The van der Waals surface area contributed by atoms with Gasteiger partial charge in [-0.1, -0.05) is 26.0 Å². The average Bonchev–Trinajstić information content (AvgIpc) is 4.10. The summed E-state index contributed by atoms with van der Waals surface area (Å²) in [5, 5.41) is 16.6. The molecule has 3 aromatic rings. The molecule has 0 unspecified atom stereocenters. The number of aromatic nitrogens is 1. The lowest BCUT2D eigenvalue weighted by molar-refractivity contribution is -0.142. The molecule has 60 heavy (non-hydrogen) atoms. The van der Waals surface area contributed by atoms with Crippen molar-refractivity contribution in [2.24, 2.45) is 17.8 Å². The molecular weight excluding hydrogens is 795 g/mol. The van der Waals surface area contributed by atoms with Crippen molar-refractivity contribution >= 4 is 44.6 Å². The second kappa shape index (κ2) is 15.8. The highest BCUT2D eigenvalue weighted by Gasteiger charge is 2.63. The summed E-state index contributed by atoms with van der Waals surface area (Å²) >= 11 is 0. The van der Waals surface area contributed by atoms with Gasteiger partial charge in [-0.05, 0) is 105 Å². The predicted molar refractivity (Wildman–Crippen MR) is 219 cm³/mol. The first kappa shape index (κ1) is 41.2. The summed E-state index contributed by atoms with van der Waals surface area (Å²) in [5.74, 6) is -0.937. The van der Waals surface area contributed by atoms with Crippen molar-refractivity contribution in [2.75, 3.05) is 26.9 Å². The van der Waals surface area contributed by atoms with Gasteiger partial charge in [-0.15, -0.1) is 0 Å². The lowest BCUT2D eigenvalue weighted by atomic mass is 9.88. The van der Waals surface area contributed by atoms with E-state index >= 15 is 0 Å². The standard InChI is InChI=1S/C43H51N5O11S/c1-24-7-5-6-8-28-22-43(28,40(51)47-60(54,55)42(3)13-14-42)46-37(49)33-21-30(23-48(33)39(50)36(25(2)17-24)45-41(52)53)59-38-31-11-10-29(56-4)18-27(31)19-32(44-38)26-9-12-34-35(20-26)58-16-15-57-34/h6,8-12,18-20,24-25,28,30,33,36,45H,5,7,13-17,21-23H2,1-4H3,(H,46,49)(H,47,51)(H,52,53)/b8-6-/t24-,25+,28+,30+,33-,36-,43+/m0/s1. The second-order valence-electron chi connectivity index (χ2n) is 17.1. The number of pyridine rings is 1. The van der Waals surface area contributed by atoms with Gasteiger partial charge in [0.1, 0.15) is 42.7 Å². The number of carboxylic acid groups (broad SMARTS) is 1. The highest BCUT2D eigenvalue weighted by molar-refractivity contribution is 7.91. The van der Waals surface area contributed by atoms with E-state index in [1.165, 1.54) is 4.90 Å². The molecule has 2 saturated carbocycles. The fourth-order valence-electron chi connectivity index (χ4n) is 8.66. The fourth-order valence-corrected chi connectivity index (χ4v) is 9.97. The molecule has 4 heterocycles. The Hall–Kier alpha value is -5.58. The number of rotatable bonds is 8. The Morgan fingerprint density at radius 2 is 1.80 bits per heavy atom. The molecule has 4 amide bonds. The highest BCUT2D eigenvalue weighted by Crippen LogP contribution is 2.48. The highest BCUT2D eigenvalue weighted by atomic mass is 32.2. The lowest BCUT2D eigenvalue weighted by Gasteiger charge is -2.32. The summed E-state index contributed by atoms with van der Waals surface area (Å²) in [6.07, 6.45) is 4.41. The molecule has 16 nitrogen and oxygen atoms in total. The van der Waals surface area contributed by atoms with E-state index in [0.29, 0.717) is 67.2 Å². The second-order valence-corrected chi connectivity index (χ2v) is 19.3. The van der Waals surface area contributed by atoms with Crippen molar-refractivity contribution < 1.29 is 51.6 Å². The maximum atomic E-state index is 14.7. The Balaban J connectivity index is 1.15. The smallest absolute Gasteiger partial charge is 0.405 e. The van der Waals surface area contributed by atoms with Gasteiger partial charge in [0, 0.05) is 23.3 Å². The van der Waals surface area contributed by atoms with Gasteiger partial charge < -0.3 is 39.6 Å². The van der Waals surface area contributed by atoms with E-state index in [4.69, 9.17) is 23.9 Å². The van der Waals surface area contributed by atoms with Gasteiger partial charge in [0.15, 0.2) is 11.5 Å². The van der Waals surface area contributed by atoms with Crippen LogP contribution < -0.4 is 34.3 Å².